The minimum Gasteiger partial charge on any atom is -0.351 e. The molecule has 28 heavy (non-hydrogen) atoms. The quantitative estimate of drug-likeness (QED) is 0.634. The van der Waals surface area contributed by atoms with E-state index in [1.165, 1.54) is 6.08 Å². The summed E-state index contributed by atoms with van der Waals surface area (Å²) in [7, 11) is 1.87. The Morgan fingerprint density at radius 1 is 1.07 bits per heavy atom. The number of nitrogens with zero attached hydrogens (tertiary/aromatic N) is 1. The Kier molecular flexibility index (Phi) is 5.94. The van der Waals surface area contributed by atoms with Gasteiger partial charge in [-0.1, -0.05) is 44.2 Å². The summed E-state index contributed by atoms with van der Waals surface area (Å²) in [5.74, 6) is 0.0993. The number of aryl methyl sites for hydroxylation is 1. The molecule has 0 aliphatic rings. The fourth-order valence-electron chi connectivity index (χ4n) is 2.95. The first-order chi connectivity index (χ1) is 13.4. The minimum absolute atomic E-state index is 0.0937. The molecule has 0 bridgehead atoms. The second kappa shape index (κ2) is 8.57. The molecule has 0 aliphatic carbocycles. The van der Waals surface area contributed by atoms with Crippen molar-refractivity contribution in [1.82, 2.24) is 9.88 Å². The van der Waals surface area contributed by atoms with E-state index < -0.39 is 0 Å². The SMILES string of the molecule is CC(C)CNC(=O)c1cc2cc(NC(=O)/C=C/c3ccccc3)ccc2n1C. The predicted octanol–water partition coefficient (Wildman–Crippen LogP) is 4.22. The maximum Gasteiger partial charge on any atom is 0.267 e. The van der Waals surface area contributed by atoms with E-state index in [2.05, 4.69) is 24.5 Å². The van der Waals surface area contributed by atoms with Crippen molar-refractivity contribution in [2.75, 3.05) is 11.9 Å². The van der Waals surface area contributed by atoms with Crippen molar-refractivity contribution in [3.8, 4) is 0 Å². The third kappa shape index (κ3) is 4.68. The molecular formula is C23H25N3O2. The first kappa shape index (κ1) is 19.4. The van der Waals surface area contributed by atoms with Gasteiger partial charge in [0.15, 0.2) is 0 Å². The summed E-state index contributed by atoms with van der Waals surface area (Å²) in [6.45, 7) is 4.75. The zero-order valence-electron chi connectivity index (χ0n) is 16.4. The monoisotopic (exact) mass is 375 g/mol. The van der Waals surface area contributed by atoms with Gasteiger partial charge in [-0.25, -0.2) is 0 Å². The van der Waals surface area contributed by atoms with E-state index in [9.17, 15) is 9.59 Å². The summed E-state index contributed by atoms with van der Waals surface area (Å²) in [6.07, 6.45) is 3.28. The van der Waals surface area contributed by atoms with Gasteiger partial charge in [-0.2, -0.15) is 0 Å². The topological polar surface area (TPSA) is 63.1 Å². The van der Waals surface area contributed by atoms with Crippen LogP contribution < -0.4 is 10.6 Å². The van der Waals surface area contributed by atoms with Gasteiger partial charge < -0.3 is 15.2 Å². The molecule has 2 N–H and O–H groups in total. The standard InChI is InChI=1S/C23H25N3O2/c1-16(2)15-24-23(28)21-14-18-13-19(10-11-20(18)26(21)3)25-22(27)12-9-17-7-5-4-6-8-17/h4-14,16H,15H2,1-3H3,(H,24,28)(H,25,27)/b12-9+. The van der Waals surface area contributed by atoms with Gasteiger partial charge in [-0.05, 0) is 41.8 Å². The number of fused-ring (bicyclic) bond motifs is 1. The summed E-state index contributed by atoms with van der Waals surface area (Å²) >= 11 is 0. The van der Waals surface area contributed by atoms with Crippen LogP contribution >= 0.6 is 0 Å². The zero-order chi connectivity index (χ0) is 20.1. The number of carbonyl (C=O) groups is 2. The Bertz CT molecular complexity index is 1020. The lowest BCUT2D eigenvalue weighted by molar-refractivity contribution is -0.111. The van der Waals surface area contributed by atoms with Gasteiger partial charge in [0.05, 0.1) is 0 Å². The number of aromatic nitrogens is 1. The molecule has 3 aromatic rings. The zero-order valence-corrected chi connectivity index (χ0v) is 16.4. The van der Waals surface area contributed by atoms with Crippen LogP contribution in [0.4, 0.5) is 5.69 Å². The van der Waals surface area contributed by atoms with Gasteiger partial charge in [0.1, 0.15) is 5.69 Å². The van der Waals surface area contributed by atoms with Crippen molar-refractivity contribution in [1.29, 1.82) is 0 Å². The molecule has 5 heteroatoms. The molecule has 5 nitrogen and oxygen atoms in total. The van der Waals surface area contributed by atoms with Crippen LogP contribution in [-0.2, 0) is 11.8 Å². The Morgan fingerprint density at radius 3 is 2.54 bits per heavy atom. The maximum atomic E-state index is 12.4. The lowest BCUT2D eigenvalue weighted by Crippen LogP contribution is -2.28. The highest BCUT2D eigenvalue weighted by Gasteiger charge is 2.14. The second-order valence-electron chi connectivity index (χ2n) is 7.20. The number of carbonyl (C=O) groups excluding carboxylic acids is 2. The number of hydrogen-bond acceptors (Lipinski definition) is 2. The van der Waals surface area contributed by atoms with Crippen molar-refractivity contribution in [2.24, 2.45) is 13.0 Å². The molecule has 0 aliphatic heterocycles. The Morgan fingerprint density at radius 2 is 1.82 bits per heavy atom. The van der Waals surface area contributed by atoms with Gasteiger partial charge in [0, 0.05) is 36.3 Å². The summed E-state index contributed by atoms with van der Waals surface area (Å²) in [5.41, 5.74) is 3.19. The van der Waals surface area contributed by atoms with Crippen molar-refractivity contribution >= 4 is 34.5 Å². The van der Waals surface area contributed by atoms with Crippen molar-refractivity contribution in [2.45, 2.75) is 13.8 Å². The van der Waals surface area contributed by atoms with Crippen molar-refractivity contribution < 1.29 is 9.59 Å². The van der Waals surface area contributed by atoms with E-state index in [0.717, 1.165) is 16.5 Å². The molecule has 144 valence electrons. The number of hydrogen-bond donors (Lipinski definition) is 2. The Hall–Kier alpha value is -3.34. The molecule has 0 saturated carbocycles. The van der Waals surface area contributed by atoms with Gasteiger partial charge in [-0.15, -0.1) is 0 Å². The molecule has 3 rings (SSSR count). The number of amides is 2. The largest absolute Gasteiger partial charge is 0.351 e. The Labute approximate surface area is 165 Å². The van der Waals surface area contributed by atoms with Crippen LogP contribution in [0.2, 0.25) is 0 Å². The number of nitrogens with one attached hydrogen (secondary N) is 2. The first-order valence-corrected chi connectivity index (χ1v) is 9.36. The van der Waals surface area contributed by atoms with Crippen molar-refractivity contribution in [3.63, 3.8) is 0 Å². The number of benzene rings is 2. The molecule has 0 radical (unpaired) electrons. The molecule has 2 aromatic carbocycles. The van der Waals surface area contributed by atoms with E-state index in [1.807, 2.05) is 66.2 Å². The van der Waals surface area contributed by atoms with E-state index in [1.54, 1.807) is 6.08 Å². The average Bonchev–Trinajstić information content (AvgIpc) is 3.01. The molecule has 0 atom stereocenters. The predicted molar refractivity (Wildman–Crippen MR) is 114 cm³/mol. The van der Waals surface area contributed by atoms with E-state index >= 15 is 0 Å². The molecular weight excluding hydrogens is 350 g/mol. The van der Waals surface area contributed by atoms with Crippen LogP contribution in [0.1, 0.15) is 29.9 Å². The second-order valence-corrected chi connectivity index (χ2v) is 7.20. The van der Waals surface area contributed by atoms with Gasteiger partial charge in [0.25, 0.3) is 5.91 Å². The Balaban J connectivity index is 1.74. The van der Waals surface area contributed by atoms with Crippen molar-refractivity contribution in [3.05, 3.63) is 71.9 Å². The minimum atomic E-state index is -0.200. The molecule has 1 heterocycles. The summed E-state index contributed by atoms with van der Waals surface area (Å²) in [6, 6.07) is 17.1. The highest BCUT2D eigenvalue weighted by atomic mass is 16.2. The smallest absolute Gasteiger partial charge is 0.267 e. The molecule has 2 amide bonds. The van der Waals surface area contributed by atoms with E-state index in [-0.39, 0.29) is 11.8 Å². The molecule has 0 fully saturated rings. The number of rotatable bonds is 6. The van der Waals surface area contributed by atoms with Gasteiger partial charge in [-0.3, -0.25) is 9.59 Å². The van der Waals surface area contributed by atoms with Crippen LogP contribution in [0, 0.1) is 5.92 Å². The van der Waals surface area contributed by atoms with Crippen LogP contribution in [0.3, 0.4) is 0 Å². The summed E-state index contributed by atoms with van der Waals surface area (Å²) in [4.78, 5) is 24.6. The van der Waals surface area contributed by atoms with Crippen LogP contribution in [-0.4, -0.2) is 22.9 Å². The fraction of sp³-hybridized carbons (Fsp3) is 0.217. The summed E-state index contributed by atoms with van der Waals surface area (Å²) < 4.78 is 1.87. The normalized spacial score (nSPS) is 11.3. The highest BCUT2D eigenvalue weighted by molar-refractivity contribution is 6.04. The van der Waals surface area contributed by atoms with E-state index in [0.29, 0.717) is 23.8 Å². The first-order valence-electron chi connectivity index (χ1n) is 9.36. The lowest BCUT2D eigenvalue weighted by Gasteiger charge is -2.08. The van der Waals surface area contributed by atoms with Crippen LogP contribution in [0.5, 0.6) is 0 Å². The van der Waals surface area contributed by atoms with Crippen LogP contribution in [0.15, 0.2) is 60.7 Å². The lowest BCUT2D eigenvalue weighted by atomic mass is 10.2. The summed E-state index contributed by atoms with van der Waals surface area (Å²) in [5, 5.41) is 6.71. The number of anilines is 1. The van der Waals surface area contributed by atoms with Gasteiger partial charge in [0.2, 0.25) is 5.91 Å². The third-order valence-corrected chi connectivity index (χ3v) is 4.44. The van der Waals surface area contributed by atoms with E-state index in [4.69, 9.17) is 0 Å². The maximum absolute atomic E-state index is 12.4. The van der Waals surface area contributed by atoms with Crippen LogP contribution in [0.25, 0.3) is 17.0 Å². The molecule has 0 saturated heterocycles. The molecule has 1 aromatic heterocycles. The van der Waals surface area contributed by atoms with Gasteiger partial charge >= 0.3 is 0 Å². The molecule has 0 unspecified atom stereocenters. The average molecular weight is 375 g/mol. The molecule has 0 spiro atoms. The highest BCUT2D eigenvalue weighted by Crippen LogP contribution is 2.23. The fourth-order valence-corrected chi connectivity index (χ4v) is 2.95. The third-order valence-electron chi connectivity index (χ3n) is 4.44.